The van der Waals surface area contributed by atoms with E-state index in [0.717, 1.165) is 18.0 Å². The van der Waals surface area contributed by atoms with Crippen LogP contribution in [-0.2, 0) is 10.9 Å². The van der Waals surface area contributed by atoms with E-state index in [4.69, 9.17) is 4.74 Å². The number of halogens is 3. The number of hydrogen-bond acceptors (Lipinski definition) is 5. The van der Waals surface area contributed by atoms with E-state index in [9.17, 15) is 13.2 Å². The lowest BCUT2D eigenvalue weighted by Gasteiger charge is -2.17. The van der Waals surface area contributed by atoms with Crippen LogP contribution in [0.15, 0.2) is 0 Å². The summed E-state index contributed by atoms with van der Waals surface area (Å²) in [4.78, 5) is 3.42. The molecule has 17 heavy (non-hydrogen) atoms. The largest absolute Gasteiger partial charge is 0.452 e. The zero-order valence-corrected chi connectivity index (χ0v) is 9.94. The molecule has 1 N–H and O–H groups in total. The second-order valence-corrected chi connectivity index (χ2v) is 4.73. The van der Waals surface area contributed by atoms with Crippen LogP contribution in [0.3, 0.4) is 0 Å². The molecule has 1 aliphatic heterocycles. The number of nitrogens with zero attached hydrogens (tertiary/aromatic N) is 2. The van der Waals surface area contributed by atoms with Crippen molar-refractivity contribution in [2.24, 2.45) is 5.92 Å². The van der Waals surface area contributed by atoms with Gasteiger partial charge in [0.2, 0.25) is 11.0 Å². The molecule has 2 heterocycles. The Morgan fingerprint density at radius 3 is 2.82 bits per heavy atom. The molecule has 1 aromatic heterocycles. The average molecular weight is 267 g/mol. The maximum Gasteiger partial charge on any atom is 0.452 e. The standard InChI is InChI=1S/C9H12F3N3OS/c1-5(6-2-3-16-4-6)13-8-14-7(15-17-8)9(10,11)12/h5-6H,2-4H2,1H3,(H,13,14,15). The minimum atomic E-state index is -4.48. The molecule has 1 saturated heterocycles. The third-order valence-corrected chi connectivity index (χ3v) is 3.35. The van der Waals surface area contributed by atoms with Crippen molar-refractivity contribution in [2.75, 3.05) is 18.5 Å². The maximum absolute atomic E-state index is 12.3. The van der Waals surface area contributed by atoms with E-state index in [0.29, 0.717) is 19.1 Å². The predicted octanol–water partition coefficient (Wildman–Crippen LogP) is 2.39. The van der Waals surface area contributed by atoms with E-state index in [1.54, 1.807) is 0 Å². The number of nitrogens with one attached hydrogen (secondary N) is 1. The third-order valence-electron chi connectivity index (χ3n) is 2.70. The molecule has 2 rings (SSSR count). The lowest BCUT2D eigenvalue weighted by Crippen LogP contribution is -2.26. The predicted molar refractivity (Wildman–Crippen MR) is 56.9 cm³/mol. The summed E-state index contributed by atoms with van der Waals surface area (Å²) in [6.45, 7) is 3.26. The van der Waals surface area contributed by atoms with Crippen LogP contribution in [-0.4, -0.2) is 28.6 Å². The monoisotopic (exact) mass is 267 g/mol. The van der Waals surface area contributed by atoms with Gasteiger partial charge in [0.25, 0.3) is 0 Å². The summed E-state index contributed by atoms with van der Waals surface area (Å²) in [5.41, 5.74) is 0. The Morgan fingerprint density at radius 2 is 2.29 bits per heavy atom. The molecular weight excluding hydrogens is 255 g/mol. The summed E-state index contributed by atoms with van der Waals surface area (Å²) in [6, 6.07) is 0.0338. The van der Waals surface area contributed by atoms with Crippen molar-refractivity contribution >= 4 is 16.7 Å². The zero-order chi connectivity index (χ0) is 12.5. The molecule has 0 aromatic carbocycles. The van der Waals surface area contributed by atoms with Gasteiger partial charge in [-0.3, -0.25) is 0 Å². The molecule has 0 saturated carbocycles. The molecule has 1 aromatic rings. The van der Waals surface area contributed by atoms with Gasteiger partial charge in [0.1, 0.15) is 0 Å². The van der Waals surface area contributed by atoms with Crippen molar-refractivity contribution in [1.82, 2.24) is 9.36 Å². The quantitative estimate of drug-likeness (QED) is 0.913. The molecular formula is C9H12F3N3OS. The highest BCUT2D eigenvalue weighted by molar-refractivity contribution is 7.09. The van der Waals surface area contributed by atoms with Crippen molar-refractivity contribution in [3.05, 3.63) is 5.82 Å². The van der Waals surface area contributed by atoms with Crippen molar-refractivity contribution in [3.8, 4) is 0 Å². The van der Waals surface area contributed by atoms with Crippen LogP contribution < -0.4 is 5.32 Å². The Labute approximate surface area is 100 Å². The number of ether oxygens (including phenoxy) is 1. The average Bonchev–Trinajstić information content (AvgIpc) is 2.85. The summed E-state index contributed by atoms with van der Waals surface area (Å²) < 4.78 is 45.3. The van der Waals surface area contributed by atoms with Gasteiger partial charge in [-0.15, -0.1) is 0 Å². The first kappa shape index (κ1) is 12.6. The smallest absolute Gasteiger partial charge is 0.381 e. The van der Waals surface area contributed by atoms with Gasteiger partial charge in [0.05, 0.1) is 6.61 Å². The molecule has 0 radical (unpaired) electrons. The van der Waals surface area contributed by atoms with Crippen LogP contribution >= 0.6 is 11.5 Å². The normalized spacial score (nSPS) is 22.7. The Bertz CT molecular complexity index is 376. The number of alkyl halides is 3. The molecule has 0 aliphatic carbocycles. The summed E-state index contributed by atoms with van der Waals surface area (Å²) in [5, 5.41) is 3.15. The number of anilines is 1. The third kappa shape index (κ3) is 3.06. The minimum absolute atomic E-state index is 0.0338. The second-order valence-electron chi connectivity index (χ2n) is 3.98. The fourth-order valence-corrected chi connectivity index (χ4v) is 2.34. The molecule has 4 nitrogen and oxygen atoms in total. The van der Waals surface area contributed by atoms with Crippen molar-refractivity contribution in [2.45, 2.75) is 25.6 Å². The molecule has 8 heteroatoms. The van der Waals surface area contributed by atoms with E-state index >= 15 is 0 Å². The lowest BCUT2D eigenvalue weighted by molar-refractivity contribution is -0.144. The molecule has 1 fully saturated rings. The van der Waals surface area contributed by atoms with Gasteiger partial charge in [0.15, 0.2) is 0 Å². The van der Waals surface area contributed by atoms with Gasteiger partial charge >= 0.3 is 6.18 Å². The minimum Gasteiger partial charge on any atom is -0.381 e. The fraction of sp³-hybridized carbons (Fsp3) is 0.778. The molecule has 96 valence electrons. The fourth-order valence-electron chi connectivity index (χ4n) is 1.66. The van der Waals surface area contributed by atoms with Crippen molar-refractivity contribution < 1.29 is 17.9 Å². The van der Waals surface area contributed by atoms with E-state index < -0.39 is 12.0 Å². The molecule has 0 bridgehead atoms. The Balaban J connectivity index is 1.96. The summed E-state index contributed by atoms with van der Waals surface area (Å²) >= 11 is 0.730. The second kappa shape index (κ2) is 4.77. The Hall–Kier alpha value is -0.890. The molecule has 1 aliphatic rings. The van der Waals surface area contributed by atoms with E-state index in [1.165, 1.54) is 0 Å². The van der Waals surface area contributed by atoms with E-state index in [1.807, 2.05) is 6.92 Å². The number of hydrogen-bond donors (Lipinski definition) is 1. The highest BCUT2D eigenvalue weighted by Crippen LogP contribution is 2.29. The molecule has 0 spiro atoms. The van der Waals surface area contributed by atoms with Gasteiger partial charge in [0, 0.05) is 30.1 Å². The molecule has 2 unspecified atom stereocenters. The first-order chi connectivity index (χ1) is 7.97. The zero-order valence-electron chi connectivity index (χ0n) is 9.12. The SMILES string of the molecule is CC(Nc1nc(C(F)(F)F)ns1)C1CCOC1. The number of rotatable bonds is 3. The van der Waals surface area contributed by atoms with Gasteiger partial charge in [-0.25, -0.2) is 0 Å². The van der Waals surface area contributed by atoms with E-state index in [-0.39, 0.29) is 11.2 Å². The Kier molecular flexibility index (Phi) is 3.53. The van der Waals surface area contributed by atoms with Gasteiger partial charge in [-0.05, 0) is 13.3 Å². The maximum atomic E-state index is 12.3. The van der Waals surface area contributed by atoms with Gasteiger partial charge in [-0.1, -0.05) is 0 Å². The van der Waals surface area contributed by atoms with Crippen molar-refractivity contribution in [3.63, 3.8) is 0 Å². The number of aromatic nitrogens is 2. The van der Waals surface area contributed by atoms with Crippen LogP contribution in [0.25, 0.3) is 0 Å². The highest BCUT2D eigenvalue weighted by Gasteiger charge is 2.36. The van der Waals surface area contributed by atoms with Crippen LogP contribution in [0.2, 0.25) is 0 Å². The first-order valence-electron chi connectivity index (χ1n) is 5.22. The summed E-state index contributed by atoms with van der Waals surface area (Å²) in [5.74, 6) is -0.770. The topological polar surface area (TPSA) is 47.0 Å². The Morgan fingerprint density at radius 1 is 1.53 bits per heavy atom. The van der Waals surface area contributed by atoms with Crippen LogP contribution in [0.5, 0.6) is 0 Å². The van der Waals surface area contributed by atoms with Crippen molar-refractivity contribution in [1.29, 1.82) is 0 Å². The first-order valence-corrected chi connectivity index (χ1v) is 5.99. The van der Waals surface area contributed by atoms with Crippen LogP contribution in [0.1, 0.15) is 19.2 Å². The van der Waals surface area contributed by atoms with Gasteiger partial charge in [-0.2, -0.15) is 22.5 Å². The molecule has 0 amide bonds. The van der Waals surface area contributed by atoms with Gasteiger partial charge < -0.3 is 10.1 Å². The highest BCUT2D eigenvalue weighted by atomic mass is 32.1. The summed E-state index contributed by atoms with van der Waals surface area (Å²) in [6.07, 6.45) is -3.56. The van der Waals surface area contributed by atoms with Crippen LogP contribution in [0.4, 0.5) is 18.3 Å². The van der Waals surface area contributed by atoms with Crippen LogP contribution in [0, 0.1) is 5.92 Å². The summed E-state index contributed by atoms with van der Waals surface area (Å²) in [7, 11) is 0. The molecule has 2 atom stereocenters. The lowest BCUT2D eigenvalue weighted by atomic mass is 10.0. The van der Waals surface area contributed by atoms with E-state index in [2.05, 4.69) is 14.7 Å².